The van der Waals surface area contributed by atoms with E-state index in [1.807, 2.05) is 6.92 Å². The molecule has 0 aromatic carbocycles. The third kappa shape index (κ3) is 4.07. The molecule has 1 fully saturated rings. The SMILES string of the molecule is CCS(=O)CCNC(=O)C1(CN)CCCCC1. The predicted octanol–water partition coefficient (Wildman–Crippen LogP) is 0.780. The van der Waals surface area contributed by atoms with Crippen molar-refractivity contribution in [3.63, 3.8) is 0 Å². The first-order valence-corrected chi connectivity index (χ1v) is 7.97. The standard InChI is InChI=1S/C12H24N2O2S/c1-2-17(16)9-8-14-11(15)12(10-13)6-4-3-5-7-12/h2-10,13H2,1H3,(H,14,15). The van der Waals surface area contributed by atoms with Crippen LogP contribution in [0.2, 0.25) is 0 Å². The average Bonchev–Trinajstić information content (AvgIpc) is 2.39. The van der Waals surface area contributed by atoms with Gasteiger partial charge >= 0.3 is 0 Å². The lowest BCUT2D eigenvalue weighted by Crippen LogP contribution is -2.48. The summed E-state index contributed by atoms with van der Waals surface area (Å²) in [5, 5.41) is 2.90. The topological polar surface area (TPSA) is 72.2 Å². The molecule has 0 aromatic heterocycles. The van der Waals surface area contributed by atoms with Gasteiger partial charge in [0.25, 0.3) is 0 Å². The number of carbonyl (C=O) groups is 1. The first kappa shape index (κ1) is 14.6. The van der Waals surface area contributed by atoms with Crippen LogP contribution < -0.4 is 11.1 Å². The van der Waals surface area contributed by atoms with Crippen LogP contribution in [0.5, 0.6) is 0 Å². The van der Waals surface area contributed by atoms with Gasteiger partial charge in [0.1, 0.15) is 0 Å². The van der Waals surface area contributed by atoms with Gasteiger partial charge in [0.15, 0.2) is 0 Å². The van der Waals surface area contributed by atoms with Gasteiger partial charge in [-0.3, -0.25) is 9.00 Å². The minimum Gasteiger partial charge on any atom is -0.355 e. The van der Waals surface area contributed by atoms with Crippen molar-refractivity contribution in [2.45, 2.75) is 39.0 Å². The quantitative estimate of drug-likeness (QED) is 0.741. The zero-order valence-electron chi connectivity index (χ0n) is 10.7. The van der Waals surface area contributed by atoms with Crippen LogP contribution in [0, 0.1) is 5.41 Å². The highest BCUT2D eigenvalue weighted by atomic mass is 32.2. The van der Waals surface area contributed by atoms with E-state index < -0.39 is 10.8 Å². The first-order valence-electron chi connectivity index (χ1n) is 6.48. The Morgan fingerprint density at radius 3 is 2.53 bits per heavy atom. The smallest absolute Gasteiger partial charge is 0.227 e. The Balaban J connectivity index is 2.41. The number of rotatable bonds is 6. The van der Waals surface area contributed by atoms with Crippen molar-refractivity contribution in [1.29, 1.82) is 0 Å². The lowest BCUT2D eigenvalue weighted by atomic mass is 9.73. The summed E-state index contributed by atoms with van der Waals surface area (Å²) in [6, 6.07) is 0. The normalized spacial score (nSPS) is 20.8. The Bertz CT molecular complexity index is 276. The van der Waals surface area contributed by atoms with E-state index in [1.165, 1.54) is 6.42 Å². The van der Waals surface area contributed by atoms with Gasteiger partial charge in [0.05, 0.1) is 5.41 Å². The van der Waals surface area contributed by atoms with Crippen molar-refractivity contribution in [3.8, 4) is 0 Å². The summed E-state index contributed by atoms with van der Waals surface area (Å²) >= 11 is 0. The molecule has 0 saturated heterocycles. The summed E-state index contributed by atoms with van der Waals surface area (Å²) < 4.78 is 11.3. The third-order valence-corrected chi connectivity index (χ3v) is 4.92. The minimum absolute atomic E-state index is 0.0628. The molecular weight excluding hydrogens is 236 g/mol. The van der Waals surface area contributed by atoms with Crippen LogP contribution in [-0.4, -0.2) is 34.7 Å². The van der Waals surface area contributed by atoms with Gasteiger partial charge in [0, 0.05) is 35.4 Å². The van der Waals surface area contributed by atoms with E-state index in [9.17, 15) is 9.00 Å². The third-order valence-electron chi connectivity index (χ3n) is 3.62. The summed E-state index contributed by atoms with van der Waals surface area (Å²) in [6.07, 6.45) is 5.17. The fourth-order valence-electron chi connectivity index (χ4n) is 2.36. The van der Waals surface area contributed by atoms with Crippen LogP contribution in [0.3, 0.4) is 0 Å². The van der Waals surface area contributed by atoms with Gasteiger partial charge in [-0.15, -0.1) is 0 Å². The van der Waals surface area contributed by atoms with Gasteiger partial charge in [-0.1, -0.05) is 26.2 Å². The first-order chi connectivity index (χ1) is 8.14. The highest BCUT2D eigenvalue weighted by molar-refractivity contribution is 7.84. The van der Waals surface area contributed by atoms with E-state index in [0.29, 0.717) is 24.6 Å². The molecule has 17 heavy (non-hydrogen) atoms. The predicted molar refractivity (Wildman–Crippen MR) is 71.1 cm³/mol. The molecule has 4 nitrogen and oxygen atoms in total. The van der Waals surface area contributed by atoms with E-state index in [2.05, 4.69) is 5.32 Å². The summed E-state index contributed by atoms with van der Waals surface area (Å²) in [5.74, 6) is 1.26. The van der Waals surface area contributed by atoms with Crippen LogP contribution in [-0.2, 0) is 15.6 Å². The van der Waals surface area contributed by atoms with Gasteiger partial charge in [0.2, 0.25) is 5.91 Å². The molecule has 0 aliphatic heterocycles. The fraction of sp³-hybridized carbons (Fsp3) is 0.917. The Labute approximate surface area is 106 Å². The molecule has 1 rings (SSSR count). The van der Waals surface area contributed by atoms with Crippen molar-refractivity contribution in [1.82, 2.24) is 5.32 Å². The average molecular weight is 260 g/mol. The van der Waals surface area contributed by atoms with Gasteiger partial charge in [-0.05, 0) is 12.8 Å². The van der Waals surface area contributed by atoms with Crippen molar-refractivity contribution in [3.05, 3.63) is 0 Å². The zero-order chi connectivity index (χ0) is 12.7. The second kappa shape index (κ2) is 7.11. The molecule has 1 saturated carbocycles. The van der Waals surface area contributed by atoms with Crippen molar-refractivity contribution in [2.24, 2.45) is 11.1 Å². The maximum Gasteiger partial charge on any atom is 0.227 e. The molecular formula is C12H24N2O2S. The Kier molecular flexibility index (Phi) is 6.12. The molecule has 1 amide bonds. The van der Waals surface area contributed by atoms with Crippen molar-refractivity contribution < 1.29 is 9.00 Å². The molecule has 3 N–H and O–H groups in total. The minimum atomic E-state index is -0.810. The highest BCUT2D eigenvalue weighted by Gasteiger charge is 2.37. The van der Waals surface area contributed by atoms with Crippen LogP contribution in [0.1, 0.15) is 39.0 Å². The number of carbonyl (C=O) groups excluding carboxylic acids is 1. The summed E-state index contributed by atoms with van der Waals surface area (Å²) in [7, 11) is -0.810. The van der Waals surface area contributed by atoms with E-state index >= 15 is 0 Å². The summed E-state index contributed by atoms with van der Waals surface area (Å²) in [4.78, 5) is 12.1. The van der Waals surface area contributed by atoms with Gasteiger partial charge in [-0.25, -0.2) is 0 Å². The Hall–Kier alpha value is -0.420. The lowest BCUT2D eigenvalue weighted by Gasteiger charge is -2.34. The monoisotopic (exact) mass is 260 g/mol. The number of hydrogen-bond donors (Lipinski definition) is 2. The molecule has 1 aliphatic rings. The molecule has 0 bridgehead atoms. The largest absolute Gasteiger partial charge is 0.355 e. The fourth-order valence-corrected chi connectivity index (χ4v) is 2.98. The molecule has 0 spiro atoms. The number of hydrogen-bond acceptors (Lipinski definition) is 3. The molecule has 100 valence electrons. The second-order valence-electron chi connectivity index (χ2n) is 4.73. The second-order valence-corrected chi connectivity index (χ2v) is 6.60. The molecule has 1 aliphatic carbocycles. The summed E-state index contributed by atoms with van der Waals surface area (Å²) in [5.41, 5.74) is 5.42. The van der Waals surface area contributed by atoms with Gasteiger partial charge < -0.3 is 11.1 Å². The van der Waals surface area contributed by atoms with Crippen molar-refractivity contribution >= 4 is 16.7 Å². The van der Waals surface area contributed by atoms with E-state index in [-0.39, 0.29) is 11.3 Å². The van der Waals surface area contributed by atoms with Crippen LogP contribution in [0.4, 0.5) is 0 Å². The number of nitrogens with two attached hydrogens (primary N) is 1. The van der Waals surface area contributed by atoms with E-state index in [4.69, 9.17) is 5.73 Å². The molecule has 0 heterocycles. The van der Waals surface area contributed by atoms with Crippen molar-refractivity contribution in [2.75, 3.05) is 24.6 Å². The maximum absolute atomic E-state index is 12.1. The molecule has 0 radical (unpaired) electrons. The Morgan fingerprint density at radius 2 is 2.00 bits per heavy atom. The molecule has 1 atom stereocenters. The molecule has 5 heteroatoms. The van der Waals surface area contributed by atoms with Crippen LogP contribution in [0.25, 0.3) is 0 Å². The lowest BCUT2D eigenvalue weighted by molar-refractivity contribution is -0.132. The summed E-state index contributed by atoms with van der Waals surface area (Å²) in [6.45, 7) is 2.82. The van der Waals surface area contributed by atoms with E-state index in [0.717, 1.165) is 25.7 Å². The van der Waals surface area contributed by atoms with Crippen LogP contribution in [0.15, 0.2) is 0 Å². The Morgan fingerprint density at radius 1 is 1.35 bits per heavy atom. The number of amides is 1. The zero-order valence-corrected chi connectivity index (χ0v) is 11.5. The van der Waals surface area contributed by atoms with E-state index in [1.54, 1.807) is 0 Å². The molecule has 0 aromatic rings. The maximum atomic E-state index is 12.1. The molecule has 1 unspecified atom stereocenters. The number of nitrogens with one attached hydrogen (secondary N) is 1. The highest BCUT2D eigenvalue weighted by Crippen LogP contribution is 2.35. The van der Waals surface area contributed by atoms with Crippen LogP contribution >= 0.6 is 0 Å². The van der Waals surface area contributed by atoms with Gasteiger partial charge in [-0.2, -0.15) is 0 Å².